The molecule has 2 aliphatic heterocycles. The molecular formula is C21H24FN3O2. The Balaban J connectivity index is 1.36. The number of rotatable bonds is 3. The van der Waals surface area contributed by atoms with Gasteiger partial charge >= 0.3 is 0 Å². The monoisotopic (exact) mass is 369 g/mol. The van der Waals surface area contributed by atoms with E-state index in [0.29, 0.717) is 25.4 Å². The van der Waals surface area contributed by atoms with Gasteiger partial charge in [-0.2, -0.15) is 0 Å². The summed E-state index contributed by atoms with van der Waals surface area (Å²) < 4.78 is 19.4. The van der Waals surface area contributed by atoms with Gasteiger partial charge in [-0.3, -0.25) is 9.78 Å². The van der Waals surface area contributed by atoms with Crippen LogP contribution in [0.1, 0.15) is 29.8 Å². The van der Waals surface area contributed by atoms with Crippen molar-refractivity contribution in [1.29, 1.82) is 0 Å². The molecule has 0 radical (unpaired) electrons. The number of carbonyl (C=O) groups excluding carboxylic acids is 1. The number of nitrogens with zero attached hydrogens (tertiary/aromatic N) is 3. The Bertz CT molecular complexity index is 789. The van der Waals surface area contributed by atoms with Gasteiger partial charge in [0.15, 0.2) is 0 Å². The molecule has 1 spiro atoms. The fraction of sp³-hybridized carbons (Fsp3) is 0.429. The number of benzene rings is 1. The minimum atomic E-state index is -0.226. The maximum absolute atomic E-state index is 13.2. The van der Waals surface area contributed by atoms with Crippen molar-refractivity contribution >= 4 is 11.6 Å². The third-order valence-electron chi connectivity index (χ3n) is 5.82. The van der Waals surface area contributed by atoms with Gasteiger partial charge in [0, 0.05) is 32.0 Å². The van der Waals surface area contributed by atoms with Gasteiger partial charge in [-0.1, -0.05) is 6.07 Å². The predicted octanol–water partition coefficient (Wildman–Crippen LogP) is 3.12. The maximum atomic E-state index is 13.2. The Kier molecular flexibility index (Phi) is 4.83. The standard InChI is InChI=1S/C21H24FN3O2/c1-24(17-7-5-16(22)6-8-17)18-14-21(27-15-18)9-12-25(13-10-21)20(26)19-4-2-3-11-23-19/h2-8,11,18H,9-10,12-15H2,1H3. The van der Waals surface area contributed by atoms with E-state index in [0.717, 1.165) is 24.9 Å². The van der Waals surface area contributed by atoms with Gasteiger partial charge in [-0.15, -0.1) is 0 Å². The highest BCUT2D eigenvalue weighted by Gasteiger charge is 2.44. The quantitative estimate of drug-likeness (QED) is 0.834. The summed E-state index contributed by atoms with van der Waals surface area (Å²) in [4.78, 5) is 20.8. The minimum Gasteiger partial charge on any atom is -0.373 e. The van der Waals surface area contributed by atoms with Crippen LogP contribution in [0.5, 0.6) is 0 Å². The summed E-state index contributed by atoms with van der Waals surface area (Å²) in [5.74, 6) is -0.236. The fourth-order valence-corrected chi connectivity index (χ4v) is 4.07. The van der Waals surface area contributed by atoms with Crippen molar-refractivity contribution in [1.82, 2.24) is 9.88 Å². The molecule has 1 aromatic carbocycles. The van der Waals surface area contributed by atoms with E-state index < -0.39 is 0 Å². The molecule has 2 fully saturated rings. The Labute approximate surface area is 158 Å². The summed E-state index contributed by atoms with van der Waals surface area (Å²) in [6, 6.07) is 12.2. The molecule has 5 nitrogen and oxygen atoms in total. The van der Waals surface area contributed by atoms with Gasteiger partial charge in [0.2, 0.25) is 0 Å². The molecule has 0 bridgehead atoms. The van der Waals surface area contributed by atoms with Crippen molar-refractivity contribution in [3.8, 4) is 0 Å². The molecule has 0 N–H and O–H groups in total. The van der Waals surface area contributed by atoms with Crippen LogP contribution >= 0.6 is 0 Å². The van der Waals surface area contributed by atoms with Crippen LogP contribution in [0.15, 0.2) is 48.7 Å². The topological polar surface area (TPSA) is 45.7 Å². The second kappa shape index (κ2) is 7.27. The average Bonchev–Trinajstić information content (AvgIpc) is 3.12. The van der Waals surface area contributed by atoms with Crippen LogP contribution in [0.2, 0.25) is 0 Å². The van der Waals surface area contributed by atoms with Crippen molar-refractivity contribution in [2.24, 2.45) is 0 Å². The number of hydrogen-bond donors (Lipinski definition) is 0. The molecule has 1 unspecified atom stereocenters. The second-order valence-corrected chi connectivity index (χ2v) is 7.45. The molecule has 142 valence electrons. The lowest BCUT2D eigenvalue weighted by molar-refractivity contribution is -0.0389. The summed E-state index contributed by atoms with van der Waals surface area (Å²) >= 11 is 0. The molecule has 0 aliphatic carbocycles. The first kappa shape index (κ1) is 17.9. The molecule has 1 atom stereocenters. The molecule has 1 aromatic heterocycles. The average molecular weight is 369 g/mol. The van der Waals surface area contributed by atoms with Crippen molar-refractivity contribution in [3.05, 3.63) is 60.2 Å². The molecule has 0 saturated carbocycles. The summed E-state index contributed by atoms with van der Waals surface area (Å²) in [5, 5.41) is 0. The molecule has 2 aromatic rings. The Morgan fingerprint density at radius 2 is 1.96 bits per heavy atom. The van der Waals surface area contributed by atoms with Crippen LogP contribution in [-0.2, 0) is 4.74 Å². The SMILES string of the molecule is CN(c1ccc(F)cc1)C1COC2(CCN(C(=O)c3ccccn3)CC2)C1. The van der Waals surface area contributed by atoms with E-state index in [-0.39, 0.29) is 23.4 Å². The lowest BCUT2D eigenvalue weighted by Crippen LogP contribution is -2.47. The van der Waals surface area contributed by atoms with Crippen molar-refractivity contribution in [3.63, 3.8) is 0 Å². The smallest absolute Gasteiger partial charge is 0.272 e. The zero-order valence-electron chi connectivity index (χ0n) is 15.5. The van der Waals surface area contributed by atoms with Gasteiger partial charge in [0.25, 0.3) is 5.91 Å². The first-order valence-electron chi connectivity index (χ1n) is 9.39. The largest absolute Gasteiger partial charge is 0.373 e. The van der Waals surface area contributed by atoms with Crippen LogP contribution in [0.4, 0.5) is 10.1 Å². The normalized spacial score (nSPS) is 21.4. The van der Waals surface area contributed by atoms with Crippen molar-refractivity contribution < 1.29 is 13.9 Å². The predicted molar refractivity (Wildman–Crippen MR) is 101 cm³/mol. The molecule has 27 heavy (non-hydrogen) atoms. The molecule has 6 heteroatoms. The van der Waals surface area contributed by atoms with Gasteiger partial charge in [0.05, 0.1) is 18.2 Å². The third kappa shape index (κ3) is 3.67. The van der Waals surface area contributed by atoms with E-state index in [1.54, 1.807) is 24.4 Å². The lowest BCUT2D eigenvalue weighted by atomic mass is 9.87. The summed E-state index contributed by atoms with van der Waals surface area (Å²) in [7, 11) is 2.03. The Morgan fingerprint density at radius 3 is 2.63 bits per heavy atom. The number of ether oxygens (including phenoxy) is 1. The van der Waals surface area contributed by atoms with Crippen LogP contribution in [0, 0.1) is 5.82 Å². The van der Waals surface area contributed by atoms with E-state index in [9.17, 15) is 9.18 Å². The van der Waals surface area contributed by atoms with E-state index in [1.807, 2.05) is 24.1 Å². The number of amides is 1. The van der Waals surface area contributed by atoms with E-state index >= 15 is 0 Å². The van der Waals surface area contributed by atoms with Gasteiger partial charge in [-0.25, -0.2) is 4.39 Å². The second-order valence-electron chi connectivity index (χ2n) is 7.45. The highest BCUT2D eigenvalue weighted by Crippen LogP contribution is 2.38. The molecule has 1 amide bonds. The number of halogens is 1. The minimum absolute atomic E-state index is 0.0107. The first-order valence-corrected chi connectivity index (χ1v) is 9.39. The van der Waals surface area contributed by atoms with E-state index in [1.165, 1.54) is 12.1 Å². The number of carbonyl (C=O) groups is 1. The highest BCUT2D eigenvalue weighted by molar-refractivity contribution is 5.92. The number of anilines is 1. The molecular weight excluding hydrogens is 345 g/mol. The summed E-state index contributed by atoms with van der Waals surface area (Å²) in [5.41, 5.74) is 1.32. The number of hydrogen-bond acceptors (Lipinski definition) is 4. The number of aromatic nitrogens is 1. The fourth-order valence-electron chi connectivity index (χ4n) is 4.07. The number of likely N-dealkylation sites (N-methyl/N-ethyl adjacent to an activating group) is 1. The van der Waals surface area contributed by atoms with E-state index in [2.05, 4.69) is 9.88 Å². The molecule has 3 heterocycles. The van der Waals surface area contributed by atoms with Crippen LogP contribution < -0.4 is 4.90 Å². The third-order valence-corrected chi connectivity index (χ3v) is 5.82. The van der Waals surface area contributed by atoms with Gasteiger partial charge < -0.3 is 14.5 Å². The van der Waals surface area contributed by atoms with E-state index in [4.69, 9.17) is 4.74 Å². The first-order chi connectivity index (χ1) is 13.1. The highest BCUT2D eigenvalue weighted by atomic mass is 19.1. The van der Waals surface area contributed by atoms with Gasteiger partial charge in [-0.05, 0) is 55.7 Å². The van der Waals surface area contributed by atoms with Crippen LogP contribution in [0.25, 0.3) is 0 Å². The zero-order chi connectivity index (χ0) is 18.9. The summed E-state index contributed by atoms with van der Waals surface area (Å²) in [6.45, 7) is 2.02. The van der Waals surface area contributed by atoms with Crippen molar-refractivity contribution in [2.75, 3.05) is 31.6 Å². The Morgan fingerprint density at radius 1 is 1.22 bits per heavy atom. The Hall–Kier alpha value is -2.47. The number of likely N-dealkylation sites (tertiary alicyclic amines) is 1. The zero-order valence-corrected chi connectivity index (χ0v) is 15.5. The van der Waals surface area contributed by atoms with Crippen LogP contribution in [-0.4, -0.2) is 54.2 Å². The molecule has 2 saturated heterocycles. The number of piperidine rings is 1. The van der Waals surface area contributed by atoms with Crippen molar-refractivity contribution in [2.45, 2.75) is 30.9 Å². The maximum Gasteiger partial charge on any atom is 0.272 e. The van der Waals surface area contributed by atoms with Crippen LogP contribution in [0.3, 0.4) is 0 Å². The van der Waals surface area contributed by atoms with Gasteiger partial charge in [0.1, 0.15) is 11.5 Å². The summed E-state index contributed by atoms with van der Waals surface area (Å²) in [6.07, 6.45) is 4.24. The molecule has 2 aliphatic rings. The lowest BCUT2D eigenvalue weighted by Gasteiger charge is -2.39. The number of pyridine rings is 1. The molecule has 4 rings (SSSR count).